The summed E-state index contributed by atoms with van der Waals surface area (Å²) in [5, 5.41) is 4.81. The highest BCUT2D eigenvalue weighted by Gasteiger charge is 2.57. The third-order valence-electron chi connectivity index (χ3n) is 21.7. The van der Waals surface area contributed by atoms with Crippen molar-refractivity contribution in [3.05, 3.63) is 370 Å². The molecule has 15 nitrogen and oxygen atoms in total. The van der Waals surface area contributed by atoms with Crippen LogP contribution >= 0.6 is 28.6 Å². The summed E-state index contributed by atoms with van der Waals surface area (Å²) in [6, 6.07) is 92.4. The van der Waals surface area contributed by atoms with Gasteiger partial charge in [0.25, 0.3) is 0 Å². The van der Waals surface area contributed by atoms with Gasteiger partial charge in [-0.25, -0.2) is 0 Å². The fraction of sp³-hybridized carbons (Fsp3) is 0.188. The highest BCUT2D eigenvalue weighted by Crippen LogP contribution is 2.54. The normalized spacial score (nSPS) is 13.0. The highest BCUT2D eigenvalue weighted by molar-refractivity contribution is 7.86. The number of rotatable bonds is 20. The van der Waals surface area contributed by atoms with E-state index in [4.69, 9.17) is 18.9 Å². The first kappa shape index (κ1) is 86.2. The molecule has 115 heavy (non-hydrogen) atoms. The van der Waals surface area contributed by atoms with Gasteiger partial charge in [-0.05, 0) is 86.1 Å². The summed E-state index contributed by atoms with van der Waals surface area (Å²) in [4.78, 5) is 83.9. The third kappa shape index (κ3) is 17.1. The molecule has 14 rings (SSSR count). The number of benzene rings is 12. The number of hydrogen-bond acceptors (Lipinski definition) is 14. The van der Waals surface area contributed by atoms with Gasteiger partial charge in [0.15, 0.2) is 51.0 Å². The van der Waals surface area contributed by atoms with Crippen LogP contribution in [0.1, 0.15) is 76.4 Å². The minimum atomic E-state index is -3.82. The van der Waals surface area contributed by atoms with Crippen LogP contribution in [-0.4, -0.2) is 81.7 Å². The number of aryl methyl sites for hydroxylation is 2. The average molecular weight is 1610 g/mol. The summed E-state index contributed by atoms with van der Waals surface area (Å²) in [6.45, 7) is 11.3. The summed E-state index contributed by atoms with van der Waals surface area (Å²) in [7, 11) is -9.89. The first-order chi connectivity index (χ1) is 54.8. The molecule has 2 N–H and O–H groups in total. The molecular formula is C96H94O15P4. The van der Waals surface area contributed by atoms with Crippen LogP contribution in [0.25, 0.3) is 0 Å². The molecule has 0 amide bonds. The second-order valence-electron chi connectivity index (χ2n) is 28.6. The van der Waals surface area contributed by atoms with Gasteiger partial charge >= 0.3 is 23.9 Å². The van der Waals surface area contributed by atoms with Crippen LogP contribution in [-0.2, 0) is 82.1 Å². The summed E-state index contributed by atoms with van der Waals surface area (Å²) < 4.78 is 83.5. The van der Waals surface area contributed by atoms with E-state index in [-0.39, 0.29) is 54.6 Å². The predicted octanol–water partition coefficient (Wildman–Crippen LogP) is 14.3. The minimum absolute atomic E-state index is 0. The van der Waals surface area contributed by atoms with Crippen LogP contribution in [0, 0.1) is 52.4 Å². The zero-order chi connectivity index (χ0) is 81.6. The highest BCUT2D eigenvalue weighted by atomic mass is 31.2. The smallest absolute Gasteiger partial charge is 0.323 e. The molecule has 2 aliphatic carbocycles. The van der Waals surface area contributed by atoms with Crippen LogP contribution < -0.4 is 53.0 Å². The molecule has 12 aromatic carbocycles. The number of fused-ring (bicyclic) bond motifs is 2. The number of esters is 4. The van der Waals surface area contributed by atoms with E-state index in [9.17, 15) is 19.2 Å². The maximum Gasteiger partial charge on any atom is 0.323 e. The molecule has 0 atom stereocenters. The van der Waals surface area contributed by atoms with Crippen molar-refractivity contribution < 1.29 is 71.5 Å². The molecule has 19 heteroatoms. The van der Waals surface area contributed by atoms with Crippen LogP contribution in [0.4, 0.5) is 0 Å². The van der Waals surface area contributed by atoms with Gasteiger partial charge in [0.1, 0.15) is 0 Å². The first-order valence-electron chi connectivity index (χ1n) is 37.4. The molecule has 0 unspecified atom stereocenters. The lowest BCUT2D eigenvalue weighted by Gasteiger charge is -2.28. The standard InChI is InChI=1S/2C41H38O7P2.2C7H8.H2O/c2*1-28-34-25-41(39(43)47-3,40(44)48-4)26-35(34)29(2)38(50(46,32-21-13-7-14-22-32)33-23-15-8-16-24-33)37(28)36(42)27-49(45,30-17-9-5-10-18-30)31-19-11-6-12-20-31;2*1-7-5-3-2-4-6-7;/h2*5-24H,25-27H2,1-4H3;2*2-6H,1H3;1H2. The number of methoxy groups -OCH3 is 4. The van der Waals surface area contributed by atoms with Gasteiger partial charge in [0.2, 0.25) is 0 Å². The number of carbonyl (C=O) groups excluding carboxylic acids is 6. The number of ether oxygens (including phenoxy) is 4. The van der Waals surface area contributed by atoms with E-state index in [2.05, 4.69) is 38.1 Å². The Bertz CT molecular complexity index is 5120. The number of carbonyl (C=O) groups is 6. The van der Waals surface area contributed by atoms with Crippen molar-refractivity contribution in [3.8, 4) is 0 Å². The van der Waals surface area contributed by atoms with E-state index in [0.29, 0.717) is 97.6 Å². The van der Waals surface area contributed by atoms with E-state index in [0.717, 1.165) is 0 Å². The van der Waals surface area contributed by atoms with Crippen molar-refractivity contribution in [2.45, 2.75) is 67.2 Å². The summed E-state index contributed by atoms with van der Waals surface area (Å²) in [6.07, 6.45) is -0.959. The van der Waals surface area contributed by atoms with Crippen LogP contribution in [0.3, 0.4) is 0 Å². The van der Waals surface area contributed by atoms with Gasteiger partial charge in [0.05, 0.1) is 40.8 Å². The topological polar surface area (TPSA) is 239 Å². The van der Waals surface area contributed by atoms with Gasteiger partial charge in [-0.1, -0.05) is 314 Å². The molecule has 588 valence electrons. The Hall–Kier alpha value is -11.3. The quantitative estimate of drug-likeness (QED) is 0.0227. The van der Waals surface area contributed by atoms with Crippen molar-refractivity contribution in [2.75, 3.05) is 40.8 Å². The van der Waals surface area contributed by atoms with Crippen molar-refractivity contribution in [1.82, 2.24) is 0 Å². The molecule has 0 aromatic heterocycles. The molecule has 0 aliphatic heterocycles. The Morgan fingerprint density at radius 1 is 0.270 bits per heavy atom. The van der Waals surface area contributed by atoms with E-state index in [1.807, 2.05) is 84.9 Å². The fourth-order valence-electron chi connectivity index (χ4n) is 15.8. The predicted molar refractivity (Wildman–Crippen MR) is 462 cm³/mol. The molecular weight excluding hydrogens is 1520 g/mol. The first-order valence-corrected chi connectivity index (χ1v) is 44.6. The molecule has 0 fully saturated rings. The molecule has 0 heterocycles. The molecule has 0 saturated carbocycles. The van der Waals surface area contributed by atoms with Crippen LogP contribution in [0.5, 0.6) is 0 Å². The fourth-order valence-corrected chi connectivity index (χ4v) is 27.3. The van der Waals surface area contributed by atoms with Crippen molar-refractivity contribution in [3.63, 3.8) is 0 Å². The Balaban J connectivity index is 0.000000205. The van der Waals surface area contributed by atoms with E-state index in [1.165, 1.54) is 39.6 Å². The number of hydrogen-bond donors (Lipinski definition) is 0. The Morgan fingerprint density at radius 2 is 0.443 bits per heavy atom. The zero-order valence-corrected chi connectivity index (χ0v) is 69.7. The molecule has 12 aromatic rings. The average Bonchev–Trinajstić information content (AvgIpc) is 1.59. The second-order valence-corrected chi connectivity index (χ2v) is 39.6. The lowest BCUT2D eigenvalue weighted by atomic mass is 9.84. The van der Waals surface area contributed by atoms with Gasteiger partial charge in [-0.3, -0.25) is 28.8 Å². The summed E-state index contributed by atoms with van der Waals surface area (Å²) >= 11 is 0. The zero-order valence-electron chi connectivity index (χ0n) is 66.1. The molecule has 0 saturated heterocycles. The van der Waals surface area contributed by atoms with Crippen molar-refractivity contribution in [1.29, 1.82) is 0 Å². The maximum absolute atomic E-state index is 16.2. The van der Waals surface area contributed by atoms with Crippen molar-refractivity contribution in [2.24, 2.45) is 10.8 Å². The van der Waals surface area contributed by atoms with Crippen molar-refractivity contribution >= 4 is 117 Å². The lowest BCUT2D eigenvalue weighted by molar-refractivity contribution is -0.170. The molecule has 0 radical (unpaired) electrons. The second kappa shape index (κ2) is 37.3. The van der Waals surface area contributed by atoms with Crippen LogP contribution in [0.2, 0.25) is 0 Å². The summed E-state index contributed by atoms with van der Waals surface area (Å²) in [5.74, 6) is -3.89. The molecule has 2 aliphatic rings. The van der Waals surface area contributed by atoms with E-state index >= 15 is 27.8 Å². The van der Waals surface area contributed by atoms with E-state index in [1.54, 1.807) is 222 Å². The number of Topliss-reactive ketones (excluding diaryl/α,β-unsaturated/α-hetero) is 2. The van der Waals surface area contributed by atoms with E-state index < -0.39 is 74.8 Å². The lowest BCUT2D eigenvalue weighted by Crippen LogP contribution is -2.42. The molecule has 0 bridgehead atoms. The Kier molecular flexibility index (Phi) is 28.0. The monoisotopic (exact) mass is 1610 g/mol. The number of ketones is 2. The van der Waals surface area contributed by atoms with Gasteiger partial charge in [0, 0.05) is 89.9 Å². The van der Waals surface area contributed by atoms with Gasteiger partial charge < -0.3 is 42.7 Å². The maximum atomic E-state index is 16.2. The molecule has 0 spiro atoms. The minimum Gasteiger partial charge on any atom is -0.468 e. The summed E-state index contributed by atoms with van der Waals surface area (Å²) in [5.41, 5.74) is 4.22. The Morgan fingerprint density at radius 3 is 0.617 bits per heavy atom. The SMILES string of the molecule is COC(=O)C1(C(=O)OC)Cc2c(C)c(C(=O)CP(=O)(c3ccccc3)c3ccccc3)c(P(=O)(c3ccccc3)c3ccccc3)c(C)c2C1.COC(=O)C1(C(=O)OC)Cc2c(C)c(C(=O)CP(=O)(c3ccccc3)c3ccccc3)c(P(=O)(c3ccccc3)c3ccccc3)c(C)c2C1.Cc1ccccc1.Cc1ccccc1.O. The van der Waals surface area contributed by atoms with Gasteiger partial charge in [-0.15, -0.1) is 0 Å². The Labute approximate surface area is 673 Å². The van der Waals surface area contributed by atoms with Crippen LogP contribution in [0.15, 0.2) is 303 Å². The largest absolute Gasteiger partial charge is 0.468 e. The van der Waals surface area contributed by atoms with Gasteiger partial charge in [-0.2, -0.15) is 0 Å². The third-order valence-corrected chi connectivity index (χ3v) is 34.1.